The van der Waals surface area contributed by atoms with Crippen LogP contribution >= 0.6 is 15.9 Å². The molecule has 0 spiro atoms. The summed E-state index contributed by atoms with van der Waals surface area (Å²) in [7, 11) is 0. The summed E-state index contributed by atoms with van der Waals surface area (Å²) in [5, 5.41) is 0.883. The van der Waals surface area contributed by atoms with Crippen molar-refractivity contribution in [3.05, 3.63) is 35.4 Å². The Morgan fingerprint density at radius 3 is 2.94 bits per heavy atom. The lowest BCUT2D eigenvalue weighted by Crippen LogP contribution is -2.39. The van der Waals surface area contributed by atoms with Crippen LogP contribution in [0.3, 0.4) is 0 Å². The number of carbonyl (C=O) groups excluding carboxylic acids is 1. The van der Waals surface area contributed by atoms with Gasteiger partial charge in [-0.25, -0.2) is 0 Å². The molecule has 0 radical (unpaired) electrons. The third-order valence-electron chi connectivity index (χ3n) is 3.80. The molecule has 0 bridgehead atoms. The van der Waals surface area contributed by atoms with Gasteiger partial charge in [0.05, 0.1) is 6.42 Å². The number of aryl methyl sites for hydroxylation is 1. The Labute approximate surface area is 117 Å². The minimum absolute atomic E-state index is 0.259. The van der Waals surface area contributed by atoms with Crippen molar-refractivity contribution in [2.24, 2.45) is 5.92 Å². The van der Waals surface area contributed by atoms with Gasteiger partial charge in [0.2, 0.25) is 5.91 Å². The molecular weight excluding hydrogens is 290 g/mol. The van der Waals surface area contributed by atoms with Crippen LogP contribution in [0.25, 0.3) is 0 Å². The molecule has 98 valence electrons. The quantitative estimate of drug-likeness (QED) is 0.785. The van der Waals surface area contributed by atoms with Gasteiger partial charge in [-0.15, -0.1) is 0 Å². The number of hydrogen-bond donors (Lipinski definition) is 0. The van der Waals surface area contributed by atoms with E-state index in [4.69, 9.17) is 0 Å². The van der Waals surface area contributed by atoms with Gasteiger partial charge in [-0.1, -0.05) is 52.7 Å². The molecule has 2 atom stereocenters. The molecule has 1 aliphatic rings. The van der Waals surface area contributed by atoms with Crippen LogP contribution in [0.15, 0.2) is 24.3 Å². The van der Waals surface area contributed by atoms with Crippen LogP contribution in [0, 0.1) is 12.8 Å². The molecule has 1 aromatic rings. The van der Waals surface area contributed by atoms with Gasteiger partial charge in [0.25, 0.3) is 0 Å². The lowest BCUT2D eigenvalue weighted by atomic mass is 10.0. The normalized spacial score (nSPS) is 23.4. The number of amides is 1. The molecule has 1 fully saturated rings. The van der Waals surface area contributed by atoms with Crippen LogP contribution in [0.2, 0.25) is 0 Å². The topological polar surface area (TPSA) is 20.3 Å². The number of rotatable bonds is 3. The third-order valence-corrected chi connectivity index (χ3v) is 4.46. The molecule has 2 nitrogen and oxygen atoms in total. The lowest BCUT2D eigenvalue weighted by Gasteiger charge is -2.25. The van der Waals surface area contributed by atoms with E-state index in [0.717, 1.165) is 23.9 Å². The Balaban J connectivity index is 2.04. The predicted molar refractivity (Wildman–Crippen MR) is 78.0 cm³/mol. The summed E-state index contributed by atoms with van der Waals surface area (Å²) in [6, 6.07) is 8.58. The smallest absolute Gasteiger partial charge is 0.227 e. The second-order valence-electron chi connectivity index (χ2n) is 5.24. The van der Waals surface area contributed by atoms with Crippen LogP contribution in [-0.4, -0.2) is 28.7 Å². The summed E-state index contributed by atoms with van der Waals surface area (Å²) in [5.74, 6) is 0.861. The molecule has 0 aromatic heterocycles. The second kappa shape index (κ2) is 5.87. The maximum atomic E-state index is 12.3. The maximum Gasteiger partial charge on any atom is 0.227 e. The number of likely N-dealkylation sites (tertiary alicyclic amines) is 1. The first-order chi connectivity index (χ1) is 8.61. The summed E-state index contributed by atoms with van der Waals surface area (Å²) in [6.45, 7) is 5.20. The third kappa shape index (κ3) is 2.94. The maximum absolute atomic E-state index is 12.3. The van der Waals surface area contributed by atoms with Gasteiger partial charge in [0.1, 0.15) is 0 Å². The molecule has 0 N–H and O–H groups in total. The highest BCUT2D eigenvalue weighted by Crippen LogP contribution is 2.26. The number of hydrogen-bond acceptors (Lipinski definition) is 1. The molecule has 1 heterocycles. The van der Waals surface area contributed by atoms with E-state index in [9.17, 15) is 4.79 Å². The molecule has 1 aliphatic heterocycles. The van der Waals surface area contributed by atoms with Gasteiger partial charge < -0.3 is 4.90 Å². The molecule has 1 saturated heterocycles. The highest BCUT2D eigenvalue weighted by atomic mass is 79.9. The highest BCUT2D eigenvalue weighted by molar-refractivity contribution is 9.09. The van der Waals surface area contributed by atoms with Gasteiger partial charge >= 0.3 is 0 Å². The molecule has 1 amide bonds. The summed E-state index contributed by atoms with van der Waals surface area (Å²) in [6.07, 6.45) is 1.65. The van der Waals surface area contributed by atoms with E-state index < -0.39 is 0 Å². The minimum atomic E-state index is 0.259. The largest absolute Gasteiger partial charge is 0.338 e. The summed E-state index contributed by atoms with van der Waals surface area (Å²) in [4.78, 5) is 14.4. The van der Waals surface area contributed by atoms with Crippen molar-refractivity contribution in [3.8, 4) is 0 Å². The SMILES string of the molecule is Cc1cccc(CC(=O)N2CCC(C)C2CBr)c1. The van der Waals surface area contributed by atoms with Gasteiger partial charge in [-0.2, -0.15) is 0 Å². The Bertz CT molecular complexity index is 432. The molecule has 0 saturated carbocycles. The van der Waals surface area contributed by atoms with E-state index in [1.54, 1.807) is 0 Å². The van der Waals surface area contributed by atoms with Crippen molar-refractivity contribution in [2.45, 2.75) is 32.7 Å². The highest BCUT2D eigenvalue weighted by Gasteiger charge is 2.33. The molecule has 18 heavy (non-hydrogen) atoms. The molecule has 3 heteroatoms. The second-order valence-corrected chi connectivity index (χ2v) is 5.89. The Morgan fingerprint density at radius 1 is 1.50 bits per heavy atom. The van der Waals surface area contributed by atoms with E-state index in [1.807, 2.05) is 17.0 Å². The van der Waals surface area contributed by atoms with Crippen molar-refractivity contribution in [1.82, 2.24) is 4.90 Å². The van der Waals surface area contributed by atoms with Gasteiger partial charge in [-0.05, 0) is 24.8 Å². The average Bonchev–Trinajstić information content (AvgIpc) is 2.70. The van der Waals surface area contributed by atoms with E-state index in [2.05, 4.69) is 41.9 Å². The van der Waals surface area contributed by atoms with E-state index >= 15 is 0 Å². The fourth-order valence-electron chi connectivity index (χ4n) is 2.65. The first-order valence-corrected chi connectivity index (χ1v) is 7.65. The van der Waals surface area contributed by atoms with Crippen molar-refractivity contribution >= 4 is 21.8 Å². The van der Waals surface area contributed by atoms with E-state index in [1.165, 1.54) is 5.56 Å². The lowest BCUT2D eigenvalue weighted by molar-refractivity contribution is -0.131. The first-order valence-electron chi connectivity index (χ1n) is 6.53. The number of benzene rings is 1. The fourth-order valence-corrected chi connectivity index (χ4v) is 3.64. The minimum Gasteiger partial charge on any atom is -0.338 e. The standard InChI is InChI=1S/C15H20BrNO/c1-11-4-3-5-13(8-11)9-15(18)17-7-6-12(2)14(17)10-16/h3-5,8,12,14H,6-7,9-10H2,1-2H3. The molecular formula is C15H20BrNO. The summed E-state index contributed by atoms with van der Waals surface area (Å²) >= 11 is 3.53. The number of carbonyl (C=O) groups is 1. The Morgan fingerprint density at radius 2 is 2.28 bits per heavy atom. The summed E-state index contributed by atoms with van der Waals surface area (Å²) < 4.78 is 0. The molecule has 0 aliphatic carbocycles. The van der Waals surface area contributed by atoms with Crippen molar-refractivity contribution in [2.75, 3.05) is 11.9 Å². The van der Waals surface area contributed by atoms with Crippen LogP contribution in [0.4, 0.5) is 0 Å². The van der Waals surface area contributed by atoms with Gasteiger partial charge in [0.15, 0.2) is 0 Å². The van der Waals surface area contributed by atoms with Gasteiger partial charge in [-0.3, -0.25) is 4.79 Å². The van der Waals surface area contributed by atoms with Gasteiger partial charge in [0, 0.05) is 17.9 Å². The number of alkyl halides is 1. The van der Waals surface area contributed by atoms with E-state index in [0.29, 0.717) is 18.4 Å². The van der Waals surface area contributed by atoms with Crippen LogP contribution < -0.4 is 0 Å². The number of nitrogens with zero attached hydrogens (tertiary/aromatic N) is 1. The Hall–Kier alpha value is -0.830. The summed E-state index contributed by atoms with van der Waals surface area (Å²) in [5.41, 5.74) is 2.33. The van der Waals surface area contributed by atoms with E-state index in [-0.39, 0.29) is 5.91 Å². The Kier molecular flexibility index (Phi) is 4.44. The van der Waals surface area contributed by atoms with Crippen molar-refractivity contribution < 1.29 is 4.79 Å². The average molecular weight is 310 g/mol. The zero-order valence-electron chi connectivity index (χ0n) is 11.0. The molecule has 2 rings (SSSR count). The van der Waals surface area contributed by atoms with Crippen molar-refractivity contribution in [1.29, 1.82) is 0 Å². The van der Waals surface area contributed by atoms with Crippen LogP contribution in [0.1, 0.15) is 24.5 Å². The van der Waals surface area contributed by atoms with Crippen LogP contribution in [-0.2, 0) is 11.2 Å². The molecule has 1 aromatic carbocycles. The van der Waals surface area contributed by atoms with Crippen molar-refractivity contribution in [3.63, 3.8) is 0 Å². The molecule has 2 unspecified atom stereocenters. The zero-order chi connectivity index (χ0) is 13.1. The first kappa shape index (κ1) is 13.6. The van der Waals surface area contributed by atoms with Crippen LogP contribution in [0.5, 0.6) is 0 Å². The number of halogens is 1. The zero-order valence-corrected chi connectivity index (χ0v) is 12.6. The predicted octanol–water partition coefficient (Wildman–Crippen LogP) is 3.17. The fraction of sp³-hybridized carbons (Fsp3) is 0.533. The monoisotopic (exact) mass is 309 g/mol.